The minimum atomic E-state index is -3.68. The molecule has 1 N–H and O–H groups in total. The van der Waals surface area contributed by atoms with Gasteiger partial charge in [-0.05, 0) is 61.4 Å². The summed E-state index contributed by atoms with van der Waals surface area (Å²) in [6.45, 7) is 1.58. The average molecular weight is 448 g/mol. The quantitative estimate of drug-likeness (QED) is 0.672. The Morgan fingerprint density at radius 3 is 2.42 bits per heavy atom. The standard InChI is InChI=1S/C22H26FN3O4S/c23-19-4-6-20(7-5-19)31(28,29)26-11-9-18(10-12-26)22(27)25-14-17-3-8-21(24-13-17)30-15-16-1-2-16/h3-8,13,16,18H,1-2,9-12,14-15H2,(H,25,27). The molecule has 1 saturated heterocycles. The van der Waals surface area contributed by atoms with Crippen molar-refractivity contribution >= 4 is 15.9 Å². The summed E-state index contributed by atoms with van der Waals surface area (Å²) in [6.07, 6.45) is 5.03. The molecule has 0 atom stereocenters. The molecular weight excluding hydrogens is 421 g/mol. The molecule has 166 valence electrons. The first-order chi connectivity index (χ1) is 14.9. The van der Waals surface area contributed by atoms with Gasteiger partial charge in [-0.15, -0.1) is 0 Å². The Hall–Kier alpha value is -2.52. The Kier molecular flexibility index (Phi) is 6.52. The zero-order valence-corrected chi connectivity index (χ0v) is 18.0. The molecule has 9 heteroatoms. The van der Waals surface area contributed by atoms with Gasteiger partial charge in [0, 0.05) is 37.8 Å². The number of sulfonamides is 1. The number of benzene rings is 1. The summed E-state index contributed by atoms with van der Waals surface area (Å²) in [5.41, 5.74) is 0.878. The van der Waals surface area contributed by atoms with Gasteiger partial charge in [0.25, 0.3) is 0 Å². The molecule has 4 rings (SSSR count). The minimum Gasteiger partial charge on any atom is -0.477 e. The van der Waals surface area contributed by atoms with E-state index in [0.717, 1.165) is 17.7 Å². The fraction of sp³-hybridized carbons (Fsp3) is 0.455. The molecule has 2 fully saturated rings. The lowest BCUT2D eigenvalue weighted by Crippen LogP contribution is -2.42. The van der Waals surface area contributed by atoms with Crippen LogP contribution in [0.5, 0.6) is 5.88 Å². The molecule has 1 saturated carbocycles. The number of pyridine rings is 1. The molecule has 2 heterocycles. The predicted molar refractivity (Wildman–Crippen MR) is 112 cm³/mol. The van der Waals surface area contributed by atoms with E-state index >= 15 is 0 Å². The van der Waals surface area contributed by atoms with E-state index in [4.69, 9.17) is 4.74 Å². The molecule has 2 aromatic rings. The summed E-state index contributed by atoms with van der Waals surface area (Å²) in [7, 11) is -3.68. The van der Waals surface area contributed by atoms with E-state index in [0.29, 0.717) is 37.8 Å². The molecule has 0 spiro atoms. The number of nitrogens with one attached hydrogen (secondary N) is 1. The van der Waals surface area contributed by atoms with E-state index in [9.17, 15) is 17.6 Å². The normalized spacial score (nSPS) is 18.0. The first kappa shape index (κ1) is 21.7. The molecule has 0 unspecified atom stereocenters. The SMILES string of the molecule is O=C(NCc1ccc(OCC2CC2)nc1)C1CCN(S(=O)(=O)c2ccc(F)cc2)CC1. The lowest BCUT2D eigenvalue weighted by atomic mass is 9.97. The highest BCUT2D eigenvalue weighted by Gasteiger charge is 2.32. The number of nitrogens with zero attached hydrogens (tertiary/aromatic N) is 2. The second-order valence-corrected chi connectivity index (χ2v) is 10.0. The summed E-state index contributed by atoms with van der Waals surface area (Å²) in [5, 5.41) is 2.91. The number of ether oxygens (including phenoxy) is 1. The summed E-state index contributed by atoms with van der Waals surface area (Å²) in [4.78, 5) is 16.9. The Labute approximate surface area is 181 Å². The van der Waals surface area contributed by atoms with E-state index in [2.05, 4.69) is 10.3 Å². The number of carbonyl (C=O) groups excluding carboxylic acids is 1. The van der Waals surface area contributed by atoms with Crippen LogP contribution in [0.4, 0.5) is 4.39 Å². The molecule has 2 aliphatic rings. The van der Waals surface area contributed by atoms with E-state index < -0.39 is 15.8 Å². The van der Waals surface area contributed by atoms with Crippen molar-refractivity contribution in [1.82, 2.24) is 14.6 Å². The Morgan fingerprint density at radius 2 is 1.81 bits per heavy atom. The Bertz CT molecular complexity index is 1000. The molecule has 1 aromatic heterocycles. The van der Waals surface area contributed by atoms with Gasteiger partial charge >= 0.3 is 0 Å². The molecule has 1 aromatic carbocycles. The number of amides is 1. The average Bonchev–Trinajstić information content (AvgIpc) is 3.62. The van der Waals surface area contributed by atoms with Crippen LogP contribution in [0.3, 0.4) is 0 Å². The van der Waals surface area contributed by atoms with Gasteiger partial charge in [0.15, 0.2) is 0 Å². The third kappa shape index (κ3) is 5.59. The second-order valence-electron chi connectivity index (χ2n) is 8.11. The smallest absolute Gasteiger partial charge is 0.243 e. The van der Waals surface area contributed by atoms with Crippen molar-refractivity contribution in [2.75, 3.05) is 19.7 Å². The Balaban J connectivity index is 1.24. The van der Waals surface area contributed by atoms with Crippen LogP contribution in [0.1, 0.15) is 31.2 Å². The van der Waals surface area contributed by atoms with Gasteiger partial charge in [-0.1, -0.05) is 6.07 Å². The number of hydrogen-bond donors (Lipinski definition) is 1. The van der Waals surface area contributed by atoms with Crippen molar-refractivity contribution in [1.29, 1.82) is 0 Å². The number of piperidine rings is 1. The summed E-state index contributed by atoms with van der Waals surface area (Å²) < 4.78 is 45.4. The molecule has 7 nitrogen and oxygen atoms in total. The highest BCUT2D eigenvalue weighted by atomic mass is 32.2. The summed E-state index contributed by atoms with van der Waals surface area (Å²) in [5.74, 6) is 0.446. The third-order valence-corrected chi connectivity index (χ3v) is 7.62. The first-order valence-electron chi connectivity index (χ1n) is 10.5. The van der Waals surface area contributed by atoms with Gasteiger partial charge in [-0.2, -0.15) is 4.31 Å². The summed E-state index contributed by atoms with van der Waals surface area (Å²) >= 11 is 0. The number of hydrogen-bond acceptors (Lipinski definition) is 5. The monoisotopic (exact) mass is 447 g/mol. The fourth-order valence-corrected chi connectivity index (χ4v) is 5.01. The predicted octanol–water partition coefficient (Wildman–Crippen LogP) is 2.73. The maximum Gasteiger partial charge on any atom is 0.243 e. The van der Waals surface area contributed by atoms with E-state index in [1.807, 2.05) is 12.1 Å². The molecule has 1 aliphatic carbocycles. The number of carbonyl (C=O) groups is 1. The highest BCUT2D eigenvalue weighted by molar-refractivity contribution is 7.89. The number of aromatic nitrogens is 1. The maximum atomic E-state index is 13.1. The van der Waals surface area contributed by atoms with Crippen molar-refractivity contribution in [2.24, 2.45) is 11.8 Å². The molecule has 31 heavy (non-hydrogen) atoms. The lowest BCUT2D eigenvalue weighted by molar-refractivity contribution is -0.126. The van der Waals surface area contributed by atoms with Crippen molar-refractivity contribution in [3.63, 3.8) is 0 Å². The molecule has 1 aliphatic heterocycles. The van der Waals surface area contributed by atoms with Crippen LogP contribution in [0.15, 0.2) is 47.5 Å². The van der Waals surface area contributed by atoms with Gasteiger partial charge < -0.3 is 10.1 Å². The van der Waals surface area contributed by atoms with E-state index in [1.54, 1.807) is 6.20 Å². The molecule has 0 radical (unpaired) electrons. The topological polar surface area (TPSA) is 88.6 Å². The van der Waals surface area contributed by atoms with Gasteiger partial charge in [0.05, 0.1) is 11.5 Å². The number of halogens is 1. The summed E-state index contributed by atoms with van der Waals surface area (Å²) in [6, 6.07) is 8.48. The van der Waals surface area contributed by atoms with Gasteiger partial charge in [-0.3, -0.25) is 4.79 Å². The minimum absolute atomic E-state index is 0.0638. The lowest BCUT2D eigenvalue weighted by Gasteiger charge is -2.30. The van der Waals surface area contributed by atoms with E-state index in [1.165, 1.54) is 29.3 Å². The molecule has 0 bridgehead atoms. The van der Waals surface area contributed by atoms with Gasteiger partial charge in [-0.25, -0.2) is 17.8 Å². The second kappa shape index (κ2) is 9.32. The fourth-order valence-electron chi connectivity index (χ4n) is 3.54. The van der Waals surface area contributed by atoms with Crippen LogP contribution in [-0.4, -0.2) is 43.3 Å². The third-order valence-electron chi connectivity index (χ3n) is 5.70. The van der Waals surface area contributed by atoms with Crippen LogP contribution in [0.2, 0.25) is 0 Å². The largest absolute Gasteiger partial charge is 0.477 e. The van der Waals surface area contributed by atoms with Crippen LogP contribution >= 0.6 is 0 Å². The van der Waals surface area contributed by atoms with E-state index in [-0.39, 0.29) is 29.8 Å². The van der Waals surface area contributed by atoms with Gasteiger partial charge in [0.2, 0.25) is 21.8 Å². The van der Waals surface area contributed by atoms with Crippen LogP contribution in [0, 0.1) is 17.7 Å². The van der Waals surface area contributed by atoms with Crippen molar-refractivity contribution < 1.29 is 22.3 Å². The van der Waals surface area contributed by atoms with Crippen molar-refractivity contribution in [3.8, 4) is 5.88 Å². The number of rotatable bonds is 8. The van der Waals surface area contributed by atoms with Crippen LogP contribution < -0.4 is 10.1 Å². The van der Waals surface area contributed by atoms with Crippen molar-refractivity contribution in [3.05, 3.63) is 54.0 Å². The van der Waals surface area contributed by atoms with Crippen LogP contribution in [0.25, 0.3) is 0 Å². The van der Waals surface area contributed by atoms with Gasteiger partial charge in [0.1, 0.15) is 5.82 Å². The zero-order valence-electron chi connectivity index (χ0n) is 17.2. The maximum absolute atomic E-state index is 13.1. The van der Waals surface area contributed by atoms with Crippen LogP contribution in [-0.2, 0) is 21.4 Å². The highest BCUT2D eigenvalue weighted by Crippen LogP contribution is 2.29. The molecular formula is C22H26FN3O4S. The van der Waals surface area contributed by atoms with Crippen molar-refractivity contribution in [2.45, 2.75) is 37.1 Å². The molecule has 1 amide bonds. The zero-order chi connectivity index (χ0) is 21.8. The Morgan fingerprint density at radius 1 is 1.10 bits per heavy atom. The first-order valence-corrected chi connectivity index (χ1v) is 12.0.